The van der Waals surface area contributed by atoms with Crippen LogP contribution in [0.25, 0.3) is 0 Å². The maximum absolute atomic E-state index is 2.38. The fourth-order valence-corrected chi connectivity index (χ4v) is 2.87. The van der Waals surface area contributed by atoms with E-state index in [0.717, 1.165) is 17.8 Å². The molecule has 0 amide bonds. The zero-order valence-electron chi connectivity index (χ0n) is 7.69. The SMILES string of the molecule is C1=CCC2CC3C=CC=CC3C2=C1. The zero-order valence-corrected chi connectivity index (χ0v) is 7.69. The molecule has 1 fully saturated rings. The minimum atomic E-state index is 0.722. The van der Waals surface area contributed by atoms with Gasteiger partial charge in [0.05, 0.1) is 0 Å². The highest BCUT2D eigenvalue weighted by Crippen LogP contribution is 2.46. The summed E-state index contributed by atoms with van der Waals surface area (Å²) in [7, 11) is 0. The van der Waals surface area contributed by atoms with Gasteiger partial charge in [-0.05, 0) is 24.7 Å². The maximum atomic E-state index is 2.38. The van der Waals surface area contributed by atoms with Crippen LogP contribution in [0, 0.1) is 17.8 Å². The molecule has 0 spiro atoms. The van der Waals surface area contributed by atoms with Gasteiger partial charge in [-0.25, -0.2) is 0 Å². The fourth-order valence-electron chi connectivity index (χ4n) is 2.87. The van der Waals surface area contributed by atoms with Gasteiger partial charge in [-0.2, -0.15) is 0 Å². The highest BCUT2D eigenvalue weighted by Gasteiger charge is 2.36. The maximum Gasteiger partial charge on any atom is 0.00490 e. The molecule has 13 heavy (non-hydrogen) atoms. The second kappa shape index (κ2) is 2.73. The third-order valence-corrected chi connectivity index (χ3v) is 3.51. The van der Waals surface area contributed by atoms with E-state index in [0.29, 0.717) is 0 Å². The second-order valence-electron chi connectivity index (χ2n) is 4.22. The molecule has 0 heteroatoms. The fraction of sp³-hybridized carbons (Fsp3) is 0.385. The Morgan fingerprint density at radius 1 is 1.08 bits per heavy atom. The minimum absolute atomic E-state index is 0.722. The van der Waals surface area contributed by atoms with Crippen LogP contribution in [0.3, 0.4) is 0 Å². The Balaban J connectivity index is 1.99. The third-order valence-electron chi connectivity index (χ3n) is 3.51. The summed E-state index contributed by atoms with van der Waals surface area (Å²) in [5.74, 6) is 2.36. The molecule has 0 aromatic rings. The molecule has 3 unspecified atom stereocenters. The van der Waals surface area contributed by atoms with Crippen molar-refractivity contribution in [2.45, 2.75) is 12.8 Å². The van der Waals surface area contributed by atoms with E-state index >= 15 is 0 Å². The summed E-state index contributed by atoms with van der Waals surface area (Å²) in [6.07, 6.45) is 18.6. The zero-order chi connectivity index (χ0) is 8.67. The van der Waals surface area contributed by atoms with E-state index in [2.05, 4.69) is 42.5 Å². The summed E-state index contributed by atoms with van der Waals surface area (Å²) in [5.41, 5.74) is 1.67. The van der Waals surface area contributed by atoms with Crippen molar-refractivity contribution in [3.8, 4) is 0 Å². The largest absolute Gasteiger partial charge is 0.0839 e. The molecule has 3 atom stereocenters. The lowest BCUT2D eigenvalue weighted by Crippen LogP contribution is -2.06. The van der Waals surface area contributed by atoms with Crippen LogP contribution in [0.1, 0.15) is 12.8 Å². The molecular formula is C13H14. The van der Waals surface area contributed by atoms with Crippen LogP contribution in [0.15, 0.2) is 48.1 Å². The molecule has 0 nitrogen and oxygen atoms in total. The van der Waals surface area contributed by atoms with Gasteiger partial charge < -0.3 is 0 Å². The summed E-state index contributed by atoms with van der Waals surface area (Å²) < 4.78 is 0. The van der Waals surface area contributed by atoms with Crippen molar-refractivity contribution in [2.24, 2.45) is 17.8 Å². The van der Waals surface area contributed by atoms with Crippen LogP contribution in [0.2, 0.25) is 0 Å². The van der Waals surface area contributed by atoms with Crippen LogP contribution < -0.4 is 0 Å². The lowest BCUT2D eigenvalue weighted by molar-refractivity contribution is 0.547. The standard InChI is InChI=1S/C13H14/c1-3-7-12-10(5-1)9-11-6-2-4-8-13(11)12/h1-5,7-8,10-12H,6,9H2. The molecule has 3 aliphatic carbocycles. The second-order valence-corrected chi connectivity index (χ2v) is 4.22. The van der Waals surface area contributed by atoms with Crippen LogP contribution in [-0.2, 0) is 0 Å². The first-order valence-electron chi connectivity index (χ1n) is 5.17. The van der Waals surface area contributed by atoms with E-state index in [-0.39, 0.29) is 0 Å². The van der Waals surface area contributed by atoms with Crippen molar-refractivity contribution < 1.29 is 0 Å². The van der Waals surface area contributed by atoms with E-state index in [1.165, 1.54) is 12.8 Å². The summed E-state index contributed by atoms with van der Waals surface area (Å²) in [6, 6.07) is 0. The smallest absolute Gasteiger partial charge is 0.00490 e. The van der Waals surface area contributed by atoms with Crippen molar-refractivity contribution in [3.05, 3.63) is 48.1 Å². The first-order chi connectivity index (χ1) is 6.45. The molecule has 0 N–H and O–H groups in total. The van der Waals surface area contributed by atoms with E-state index in [9.17, 15) is 0 Å². The lowest BCUT2D eigenvalue weighted by Gasteiger charge is -2.17. The Morgan fingerprint density at radius 3 is 3.00 bits per heavy atom. The topological polar surface area (TPSA) is 0 Å². The highest BCUT2D eigenvalue weighted by atomic mass is 14.4. The molecule has 0 aromatic carbocycles. The average molecular weight is 170 g/mol. The summed E-state index contributed by atoms with van der Waals surface area (Å²) in [4.78, 5) is 0. The highest BCUT2D eigenvalue weighted by molar-refractivity contribution is 5.35. The van der Waals surface area contributed by atoms with Crippen LogP contribution >= 0.6 is 0 Å². The predicted octanol–water partition coefficient (Wildman–Crippen LogP) is 3.25. The molecule has 0 heterocycles. The van der Waals surface area contributed by atoms with Gasteiger partial charge >= 0.3 is 0 Å². The summed E-state index contributed by atoms with van der Waals surface area (Å²) in [6.45, 7) is 0. The van der Waals surface area contributed by atoms with E-state index in [1.807, 2.05) is 0 Å². The molecule has 0 radical (unpaired) electrons. The van der Waals surface area contributed by atoms with Gasteiger partial charge in [-0.15, -0.1) is 0 Å². The molecular weight excluding hydrogens is 156 g/mol. The minimum Gasteiger partial charge on any atom is -0.0839 e. The van der Waals surface area contributed by atoms with Gasteiger partial charge in [-0.1, -0.05) is 48.1 Å². The van der Waals surface area contributed by atoms with E-state index in [1.54, 1.807) is 5.57 Å². The Morgan fingerprint density at radius 2 is 2.00 bits per heavy atom. The summed E-state index contributed by atoms with van der Waals surface area (Å²) >= 11 is 0. The van der Waals surface area contributed by atoms with Gasteiger partial charge in [0.1, 0.15) is 0 Å². The third kappa shape index (κ3) is 1.05. The Labute approximate surface area is 79.3 Å². The number of hydrogen-bond acceptors (Lipinski definition) is 0. The monoisotopic (exact) mass is 170 g/mol. The number of hydrogen-bond donors (Lipinski definition) is 0. The first kappa shape index (κ1) is 7.37. The molecule has 3 aliphatic rings. The van der Waals surface area contributed by atoms with Crippen LogP contribution in [-0.4, -0.2) is 0 Å². The molecule has 3 rings (SSSR count). The lowest BCUT2D eigenvalue weighted by atomic mass is 9.87. The molecule has 0 bridgehead atoms. The number of rotatable bonds is 0. The Bertz CT molecular complexity index is 328. The van der Waals surface area contributed by atoms with Crippen molar-refractivity contribution in [1.82, 2.24) is 0 Å². The quantitative estimate of drug-likeness (QED) is 0.523. The van der Waals surface area contributed by atoms with E-state index in [4.69, 9.17) is 0 Å². The average Bonchev–Trinajstić information content (AvgIpc) is 2.56. The van der Waals surface area contributed by atoms with Crippen molar-refractivity contribution in [2.75, 3.05) is 0 Å². The van der Waals surface area contributed by atoms with Crippen molar-refractivity contribution in [3.63, 3.8) is 0 Å². The van der Waals surface area contributed by atoms with Crippen LogP contribution in [0.4, 0.5) is 0 Å². The van der Waals surface area contributed by atoms with Gasteiger partial charge in [-0.3, -0.25) is 0 Å². The first-order valence-corrected chi connectivity index (χ1v) is 5.17. The molecule has 66 valence electrons. The van der Waals surface area contributed by atoms with Gasteiger partial charge in [0.25, 0.3) is 0 Å². The van der Waals surface area contributed by atoms with Crippen molar-refractivity contribution >= 4 is 0 Å². The molecule has 1 saturated carbocycles. The number of fused-ring (bicyclic) bond motifs is 3. The predicted molar refractivity (Wildman–Crippen MR) is 55.2 cm³/mol. The molecule has 0 saturated heterocycles. The van der Waals surface area contributed by atoms with E-state index < -0.39 is 0 Å². The van der Waals surface area contributed by atoms with Crippen LogP contribution in [0.5, 0.6) is 0 Å². The molecule has 0 aromatic heterocycles. The van der Waals surface area contributed by atoms with Gasteiger partial charge in [0.2, 0.25) is 0 Å². The Kier molecular flexibility index (Phi) is 1.55. The van der Waals surface area contributed by atoms with Gasteiger partial charge in [0, 0.05) is 5.92 Å². The molecule has 0 aliphatic heterocycles. The van der Waals surface area contributed by atoms with Crippen molar-refractivity contribution in [1.29, 1.82) is 0 Å². The normalized spacial score (nSPS) is 40.0. The summed E-state index contributed by atoms with van der Waals surface area (Å²) in [5, 5.41) is 0. The van der Waals surface area contributed by atoms with Gasteiger partial charge in [0.15, 0.2) is 0 Å². The number of allylic oxidation sites excluding steroid dienone is 8. The Hall–Kier alpha value is -1.04.